The van der Waals surface area contributed by atoms with E-state index in [1.54, 1.807) is 29.2 Å². The van der Waals surface area contributed by atoms with Gasteiger partial charge in [0, 0.05) is 37.3 Å². The lowest BCUT2D eigenvalue weighted by Crippen LogP contribution is -2.55. The molecule has 1 unspecified atom stereocenters. The number of nitrogens with one attached hydrogen (secondary N) is 1. The molecule has 136 valence electrons. The number of halogens is 3. The van der Waals surface area contributed by atoms with Gasteiger partial charge >= 0.3 is 6.18 Å². The Labute approximate surface area is 143 Å². The fourth-order valence-corrected chi connectivity index (χ4v) is 2.73. The molecule has 1 saturated heterocycles. The summed E-state index contributed by atoms with van der Waals surface area (Å²) in [6.07, 6.45) is -6.00. The van der Waals surface area contributed by atoms with E-state index in [1.807, 2.05) is 0 Å². The summed E-state index contributed by atoms with van der Waals surface area (Å²) in [4.78, 5) is 25.2. The van der Waals surface area contributed by atoms with Crippen molar-refractivity contribution < 1.29 is 22.8 Å². The van der Waals surface area contributed by atoms with Gasteiger partial charge in [0.15, 0.2) is 5.78 Å². The van der Waals surface area contributed by atoms with Gasteiger partial charge in [-0.2, -0.15) is 13.2 Å². The molecule has 5 nitrogen and oxygen atoms in total. The predicted molar refractivity (Wildman–Crippen MR) is 89.0 cm³/mol. The average Bonchev–Trinajstić information content (AvgIpc) is 2.58. The molecule has 25 heavy (non-hydrogen) atoms. The number of rotatable bonds is 6. The first-order chi connectivity index (χ1) is 11.7. The number of Topliss-reactive ketones (excluding diaryl/α,β-unsaturated/α-hetero) is 1. The van der Waals surface area contributed by atoms with Crippen molar-refractivity contribution in [3.63, 3.8) is 0 Å². The number of nitrogens with zero attached hydrogens (tertiary/aromatic N) is 1. The number of anilines is 1. The van der Waals surface area contributed by atoms with Crippen LogP contribution in [0.3, 0.4) is 0 Å². The third kappa shape index (κ3) is 5.06. The molecule has 1 aliphatic heterocycles. The summed E-state index contributed by atoms with van der Waals surface area (Å²) in [5, 5.41) is 3.04. The zero-order valence-electron chi connectivity index (χ0n) is 13.6. The largest absolute Gasteiger partial charge is 0.389 e. The molecule has 1 aromatic carbocycles. The second kappa shape index (κ2) is 7.69. The molecule has 0 aromatic heterocycles. The number of piperazine rings is 1. The first-order valence-corrected chi connectivity index (χ1v) is 7.85. The molecule has 0 radical (unpaired) electrons. The Hall–Kier alpha value is -2.35. The van der Waals surface area contributed by atoms with Crippen LogP contribution in [0.5, 0.6) is 0 Å². The van der Waals surface area contributed by atoms with Gasteiger partial charge in [-0.05, 0) is 17.7 Å². The van der Waals surface area contributed by atoms with Crippen molar-refractivity contribution in [3.05, 3.63) is 36.4 Å². The Morgan fingerprint density at radius 3 is 2.48 bits per heavy atom. The van der Waals surface area contributed by atoms with Crippen LogP contribution in [0.1, 0.15) is 18.4 Å². The summed E-state index contributed by atoms with van der Waals surface area (Å²) in [6.45, 7) is 5.02. The number of primary amides is 1. The molecule has 1 fully saturated rings. The van der Waals surface area contributed by atoms with Crippen molar-refractivity contribution in [2.45, 2.75) is 25.1 Å². The monoisotopic (exact) mass is 355 g/mol. The lowest BCUT2D eigenvalue weighted by Gasteiger charge is -2.37. The second-order valence-electron chi connectivity index (χ2n) is 5.88. The Morgan fingerprint density at radius 1 is 1.28 bits per heavy atom. The van der Waals surface area contributed by atoms with Crippen LogP contribution in [0, 0.1) is 0 Å². The Kier molecular flexibility index (Phi) is 5.84. The van der Waals surface area contributed by atoms with E-state index in [1.165, 1.54) is 0 Å². The first kappa shape index (κ1) is 19.0. The van der Waals surface area contributed by atoms with Crippen LogP contribution < -0.4 is 16.0 Å². The van der Waals surface area contributed by atoms with Gasteiger partial charge in [0.05, 0.1) is 6.42 Å². The summed E-state index contributed by atoms with van der Waals surface area (Å²) in [5.41, 5.74) is 6.62. The lowest BCUT2D eigenvalue weighted by molar-refractivity contribution is -0.143. The maximum Gasteiger partial charge on any atom is 0.389 e. The first-order valence-electron chi connectivity index (χ1n) is 7.85. The van der Waals surface area contributed by atoms with Gasteiger partial charge < -0.3 is 16.0 Å². The lowest BCUT2D eigenvalue weighted by atomic mass is 10.0. The zero-order chi connectivity index (χ0) is 18.6. The van der Waals surface area contributed by atoms with E-state index in [2.05, 4.69) is 11.9 Å². The predicted octanol–water partition coefficient (Wildman–Crippen LogP) is 1.87. The SMILES string of the molecule is C=C(C(N)=O)c1ccc(N2CCNCC2C(=O)CCC(F)(F)F)cc1. The normalized spacial score (nSPS) is 18.0. The standard InChI is InChI=1S/C17H20F3N3O2/c1-11(16(21)25)12-2-4-13(5-3-12)23-9-8-22-10-14(23)15(24)6-7-17(18,19)20/h2-5,14,22H,1,6-10H2,(H2,21,25). The number of hydrogen-bond acceptors (Lipinski definition) is 4. The van der Waals surface area contributed by atoms with E-state index >= 15 is 0 Å². The fourth-order valence-electron chi connectivity index (χ4n) is 2.73. The minimum Gasteiger partial charge on any atom is -0.366 e. The van der Waals surface area contributed by atoms with Gasteiger partial charge in [-0.3, -0.25) is 9.59 Å². The highest BCUT2D eigenvalue weighted by Crippen LogP contribution is 2.25. The minimum atomic E-state index is -4.35. The molecule has 0 bridgehead atoms. The topological polar surface area (TPSA) is 75.4 Å². The Morgan fingerprint density at radius 2 is 1.92 bits per heavy atom. The molecule has 2 rings (SSSR count). The molecule has 8 heteroatoms. The molecule has 1 atom stereocenters. The molecule has 0 aliphatic carbocycles. The van der Waals surface area contributed by atoms with E-state index < -0.39 is 36.8 Å². The van der Waals surface area contributed by atoms with Gasteiger partial charge in [-0.1, -0.05) is 18.7 Å². The highest BCUT2D eigenvalue weighted by atomic mass is 19.4. The number of hydrogen-bond donors (Lipinski definition) is 2. The molecular weight excluding hydrogens is 335 g/mol. The number of benzene rings is 1. The molecule has 0 spiro atoms. The summed E-state index contributed by atoms with van der Waals surface area (Å²) in [7, 11) is 0. The van der Waals surface area contributed by atoms with Crippen molar-refractivity contribution >= 4 is 23.0 Å². The molecule has 1 heterocycles. The van der Waals surface area contributed by atoms with Crippen LogP contribution in [0.15, 0.2) is 30.8 Å². The summed E-state index contributed by atoms with van der Waals surface area (Å²) in [6, 6.07) is 6.07. The molecule has 1 amide bonds. The molecule has 1 aromatic rings. The van der Waals surface area contributed by atoms with Crippen LogP contribution in [-0.2, 0) is 9.59 Å². The third-order valence-electron chi connectivity index (χ3n) is 4.11. The Balaban J connectivity index is 2.13. The third-order valence-corrected chi connectivity index (χ3v) is 4.11. The van der Waals surface area contributed by atoms with Crippen LogP contribution >= 0.6 is 0 Å². The van der Waals surface area contributed by atoms with Crippen molar-refractivity contribution in [2.75, 3.05) is 24.5 Å². The summed E-state index contributed by atoms with van der Waals surface area (Å²) in [5.74, 6) is -1.08. The molecule has 0 saturated carbocycles. The summed E-state index contributed by atoms with van der Waals surface area (Å²) >= 11 is 0. The number of nitrogens with two attached hydrogens (primary N) is 1. The maximum atomic E-state index is 12.4. The smallest absolute Gasteiger partial charge is 0.366 e. The van der Waals surface area contributed by atoms with Gasteiger partial charge in [-0.25, -0.2) is 0 Å². The van der Waals surface area contributed by atoms with Crippen LogP contribution in [0.2, 0.25) is 0 Å². The van der Waals surface area contributed by atoms with E-state index in [9.17, 15) is 22.8 Å². The fraction of sp³-hybridized carbons (Fsp3) is 0.412. The van der Waals surface area contributed by atoms with E-state index in [4.69, 9.17) is 5.73 Å². The van der Waals surface area contributed by atoms with Gasteiger partial charge in [0.25, 0.3) is 0 Å². The van der Waals surface area contributed by atoms with Crippen LogP contribution in [-0.4, -0.2) is 43.5 Å². The number of ketones is 1. The second-order valence-corrected chi connectivity index (χ2v) is 5.88. The van der Waals surface area contributed by atoms with Crippen LogP contribution in [0.4, 0.5) is 18.9 Å². The van der Waals surface area contributed by atoms with Crippen molar-refractivity contribution in [1.29, 1.82) is 0 Å². The molecule has 1 aliphatic rings. The van der Waals surface area contributed by atoms with Gasteiger partial charge in [0.1, 0.15) is 6.04 Å². The van der Waals surface area contributed by atoms with Crippen LogP contribution in [0.25, 0.3) is 5.57 Å². The average molecular weight is 355 g/mol. The maximum absolute atomic E-state index is 12.4. The minimum absolute atomic E-state index is 0.171. The summed E-state index contributed by atoms with van der Waals surface area (Å²) < 4.78 is 37.1. The number of amides is 1. The van der Waals surface area contributed by atoms with Crippen molar-refractivity contribution in [3.8, 4) is 0 Å². The number of carbonyl (C=O) groups excluding carboxylic acids is 2. The quantitative estimate of drug-likeness (QED) is 0.764. The van der Waals surface area contributed by atoms with Gasteiger partial charge in [-0.15, -0.1) is 0 Å². The Bertz CT molecular complexity index is 656. The van der Waals surface area contributed by atoms with Crippen molar-refractivity contribution in [2.24, 2.45) is 5.73 Å². The highest BCUT2D eigenvalue weighted by molar-refractivity contribution is 6.17. The molecular formula is C17H20F3N3O2. The zero-order valence-corrected chi connectivity index (χ0v) is 13.6. The van der Waals surface area contributed by atoms with Crippen molar-refractivity contribution in [1.82, 2.24) is 5.32 Å². The molecule has 3 N–H and O–H groups in total. The van der Waals surface area contributed by atoms with E-state index in [0.29, 0.717) is 30.9 Å². The highest BCUT2D eigenvalue weighted by Gasteiger charge is 2.33. The van der Waals surface area contributed by atoms with Gasteiger partial charge in [0.2, 0.25) is 5.91 Å². The van der Waals surface area contributed by atoms with E-state index in [0.717, 1.165) is 0 Å². The number of carbonyl (C=O) groups is 2. The number of alkyl halides is 3. The van der Waals surface area contributed by atoms with E-state index in [-0.39, 0.29) is 5.57 Å².